The number of hydrogen-bond acceptors (Lipinski definition) is 7. The van der Waals surface area contributed by atoms with Crippen LogP contribution in [-0.4, -0.2) is 70.7 Å². The summed E-state index contributed by atoms with van der Waals surface area (Å²) in [6, 6.07) is 0. The van der Waals surface area contributed by atoms with E-state index in [0.29, 0.717) is 24.1 Å². The lowest BCUT2D eigenvalue weighted by molar-refractivity contribution is -0.870. The molecule has 0 spiro atoms. The van der Waals surface area contributed by atoms with Crippen molar-refractivity contribution in [1.29, 1.82) is 0 Å². The summed E-state index contributed by atoms with van der Waals surface area (Å²) >= 11 is 0. The van der Waals surface area contributed by atoms with Gasteiger partial charge in [0, 0.05) is 13.0 Å². The molecule has 0 aromatic rings. The Morgan fingerprint density at radius 1 is 0.484 bits per heavy atom. The summed E-state index contributed by atoms with van der Waals surface area (Å²) in [6.45, 7) is 5.43. The summed E-state index contributed by atoms with van der Waals surface area (Å²) in [4.78, 5) is 25.2. The average Bonchev–Trinajstić information content (AvgIpc) is 3.25. The van der Waals surface area contributed by atoms with Crippen molar-refractivity contribution < 1.29 is 37.3 Å². The van der Waals surface area contributed by atoms with Gasteiger partial charge in [-0.05, 0) is 51.4 Å². The van der Waals surface area contributed by atoms with Gasteiger partial charge in [-0.1, -0.05) is 230 Å². The smallest absolute Gasteiger partial charge is 0.306 e. The molecule has 0 aliphatic rings. The van der Waals surface area contributed by atoms with Gasteiger partial charge in [-0.15, -0.1) is 0 Å². The standard InChI is InChI=1S/C55H106NO7P/c1-6-8-10-12-14-16-18-20-22-24-26-27-28-29-30-31-33-35-37-39-41-43-45-47-50-60-52-54(53-62-64(58,59)61-51-49-56(3,4)5)63-55(57)48-46-44-42-40-38-36-34-32-25-23-21-19-17-15-13-11-9-7-2/h18,20,24,26,28-29,54H,6-17,19,21-23,25,27,30-53H2,1-5H3/b20-18-,26-24-,29-28-. The summed E-state index contributed by atoms with van der Waals surface area (Å²) in [6.07, 6.45) is 58.8. The Bertz CT molecular complexity index is 1120. The average molecular weight is 924 g/mol. The molecule has 0 fully saturated rings. The quantitative estimate of drug-likeness (QED) is 0.0197. The summed E-state index contributed by atoms with van der Waals surface area (Å²) in [5.74, 6) is -0.331. The van der Waals surface area contributed by atoms with Crippen molar-refractivity contribution in [2.75, 3.05) is 54.1 Å². The van der Waals surface area contributed by atoms with Crippen LogP contribution < -0.4 is 4.89 Å². The van der Waals surface area contributed by atoms with Gasteiger partial charge in [0.15, 0.2) is 0 Å². The van der Waals surface area contributed by atoms with Crippen molar-refractivity contribution in [1.82, 2.24) is 0 Å². The maximum absolute atomic E-state index is 12.8. The molecule has 2 unspecified atom stereocenters. The molecule has 0 bridgehead atoms. The number of unbranched alkanes of at least 4 members (excludes halogenated alkanes) is 31. The van der Waals surface area contributed by atoms with E-state index >= 15 is 0 Å². The van der Waals surface area contributed by atoms with Crippen molar-refractivity contribution in [3.8, 4) is 0 Å². The third-order valence-corrected chi connectivity index (χ3v) is 12.9. The van der Waals surface area contributed by atoms with E-state index < -0.39 is 13.9 Å². The van der Waals surface area contributed by atoms with Crippen LogP contribution >= 0.6 is 7.82 Å². The molecule has 378 valence electrons. The molecule has 8 nitrogen and oxygen atoms in total. The minimum absolute atomic E-state index is 0.0263. The van der Waals surface area contributed by atoms with Crippen molar-refractivity contribution >= 4 is 13.8 Å². The predicted octanol–water partition coefficient (Wildman–Crippen LogP) is 16.3. The third kappa shape index (κ3) is 51.7. The Labute approximate surface area is 397 Å². The van der Waals surface area contributed by atoms with Gasteiger partial charge in [-0.3, -0.25) is 9.36 Å². The summed E-state index contributed by atoms with van der Waals surface area (Å²) in [5.41, 5.74) is 0. The molecule has 0 aliphatic carbocycles. The number of likely N-dealkylation sites (N-methyl/N-ethyl adjacent to an activating group) is 1. The minimum Gasteiger partial charge on any atom is -0.756 e. The van der Waals surface area contributed by atoms with Crippen molar-refractivity contribution in [3.05, 3.63) is 36.5 Å². The van der Waals surface area contributed by atoms with Gasteiger partial charge in [0.25, 0.3) is 7.82 Å². The molecule has 2 atom stereocenters. The molecular formula is C55H106NO7P. The second-order valence-electron chi connectivity index (χ2n) is 19.6. The molecule has 0 amide bonds. The van der Waals surface area contributed by atoms with Gasteiger partial charge in [0.1, 0.15) is 19.3 Å². The molecule has 0 radical (unpaired) electrons. The van der Waals surface area contributed by atoms with Crippen molar-refractivity contribution in [2.24, 2.45) is 0 Å². The van der Waals surface area contributed by atoms with E-state index in [2.05, 4.69) is 50.3 Å². The zero-order chi connectivity index (χ0) is 46.9. The van der Waals surface area contributed by atoms with Gasteiger partial charge >= 0.3 is 5.97 Å². The first kappa shape index (κ1) is 62.7. The Morgan fingerprint density at radius 3 is 1.28 bits per heavy atom. The van der Waals surface area contributed by atoms with Gasteiger partial charge in [-0.25, -0.2) is 0 Å². The number of hydrogen-bond donors (Lipinski definition) is 0. The fourth-order valence-electron chi connectivity index (χ4n) is 7.73. The first-order valence-electron chi connectivity index (χ1n) is 27.2. The summed E-state index contributed by atoms with van der Waals surface area (Å²) < 4.78 is 34.8. The Balaban J connectivity index is 4.10. The highest BCUT2D eigenvalue weighted by Crippen LogP contribution is 2.38. The van der Waals surface area contributed by atoms with E-state index in [1.165, 1.54) is 186 Å². The first-order valence-corrected chi connectivity index (χ1v) is 28.7. The first-order chi connectivity index (χ1) is 31.1. The van der Waals surface area contributed by atoms with Crippen LogP contribution in [0.25, 0.3) is 0 Å². The van der Waals surface area contributed by atoms with Crippen LogP contribution in [0.1, 0.15) is 251 Å². The number of phosphoric ester groups is 1. The molecule has 0 saturated heterocycles. The normalized spacial score (nSPS) is 13.8. The fourth-order valence-corrected chi connectivity index (χ4v) is 8.46. The van der Waals surface area contributed by atoms with Crippen molar-refractivity contribution in [2.45, 2.75) is 258 Å². The van der Waals surface area contributed by atoms with Crippen LogP contribution in [0.15, 0.2) is 36.5 Å². The maximum Gasteiger partial charge on any atom is 0.306 e. The van der Waals surface area contributed by atoms with Crippen LogP contribution in [0.3, 0.4) is 0 Å². The molecular weight excluding hydrogens is 818 g/mol. The summed E-state index contributed by atoms with van der Waals surface area (Å²) in [5, 5.41) is 0. The number of nitrogens with zero attached hydrogens (tertiary/aromatic N) is 1. The molecule has 0 saturated carbocycles. The fraction of sp³-hybridized carbons (Fsp3) is 0.873. The highest BCUT2D eigenvalue weighted by Gasteiger charge is 2.20. The molecule has 0 aromatic carbocycles. The summed E-state index contributed by atoms with van der Waals surface area (Å²) in [7, 11) is 1.36. The van der Waals surface area contributed by atoms with Crippen LogP contribution in [0.2, 0.25) is 0 Å². The monoisotopic (exact) mass is 924 g/mol. The van der Waals surface area contributed by atoms with E-state index in [0.717, 1.165) is 44.9 Å². The van der Waals surface area contributed by atoms with Crippen LogP contribution in [0, 0.1) is 0 Å². The second kappa shape index (κ2) is 48.2. The largest absolute Gasteiger partial charge is 0.756 e. The van der Waals surface area contributed by atoms with E-state index in [1.807, 2.05) is 21.1 Å². The Hall–Kier alpha value is -1.28. The Morgan fingerprint density at radius 2 is 0.859 bits per heavy atom. The predicted molar refractivity (Wildman–Crippen MR) is 273 cm³/mol. The molecule has 0 aliphatic heterocycles. The lowest BCUT2D eigenvalue weighted by Crippen LogP contribution is -2.37. The maximum atomic E-state index is 12.8. The number of esters is 1. The SMILES string of the molecule is CCCCCCC/C=C\C/C=C\C/C=C\CCCCCCCCCCCOCC(COP(=O)([O-])OCC[N+](C)(C)C)OC(=O)CCCCCCCCCCCCCCCCCCCC. The zero-order valence-electron chi connectivity index (χ0n) is 43.0. The highest BCUT2D eigenvalue weighted by molar-refractivity contribution is 7.45. The zero-order valence-corrected chi connectivity index (χ0v) is 43.9. The van der Waals surface area contributed by atoms with E-state index in [9.17, 15) is 14.3 Å². The molecule has 9 heteroatoms. The lowest BCUT2D eigenvalue weighted by Gasteiger charge is -2.28. The van der Waals surface area contributed by atoms with Gasteiger partial charge in [-0.2, -0.15) is 0 Å². The number of carbonyl (C=O) groups is 1. The number of allylic oxidation sites excluding steroid dienone is 6. The van der Waals surface area contributed by atoms with Crippen LogP contribution in [0.5, 0.6) is 0 Å². The van der Waals surface area contributed by atoms with E-state index in [-0.39, 0.29) is 25.8 Å². The number of phosphoric acid groups is 1. The third-order valence-electron chi connectivity index (χ3n) is 11.9. The van der Waals surface area contributed by atoms with Gasteiger partial charge < -0.3 is 27.9 Å². The Kier molecular flexibility index (Phi) is 47.2. The molecule has 0 N–H and O–H groups in total. The molecule has 0 rings (SSSR count). The van der Waals surface area contributed by atoms with Crippen molar-refractivity contribution in [3.63, 3.8) is 0 Å². The van der Waals surface area contributed by atoms with Crippen LogP contribution in [0.4, 0.5) is 0 Å². The topological polar surface area (TPSA) is 94.1 Å². The molecule has 0 aromatic heterocycles. The van der Waals surface area contributed by atoms with Gasteiger partial charge in [0.05, 0.1) is 34.4 Å². The number of carbonyl (C=O) groups excluding carboxylic acids is 1. The number of rotatable bonds is 51. The number of quaternary nitrogens is 1. The minimum atomic E-state index is -4.53. The van der Waals surface area contributed by atoms with E-state index in [4.69, 9.17) is 18.5 Å². The highest BCUT2D eigenvalue weighted by atomic mass is 31.2. The van der Waals surface area contributed by atoms with Crippen LogP contribution in [-0.2, 0) is 27.9 Å². The van der Waals surface area contributed by atoms with E-state index in [1.54, 1.807) is 0 Å². The second-order valence-corrected chi connectivity index (χ2v) is 21.0. The lowest BCUT2D eigenvalue weighted by atomic mass is 10.0. The number of ether oxygens (including phenoxy) is 2. The molecule has 0 heterocycles. The van der Waals surface area contributed by atoms with Gasteiger partial charge in [0.2, 0.25) is 0 Å². The molecule has 64 heavy (non-hydrogen) atoms.